The fourth-order valence-electron chi connectivity index (χ4n) is 3.25. The molecule has 0 bridgehead atoms. The summed E-state index contributed by atoms with van der Waals surface area (Å²) >= 11 is 6.04. The number of hydrogen-bond acceptors (Lipinski definition) is 3. The first kappa shape index (κ1) is 18.5. The number of aromatic nitrogens is 1. The number of rotatable bonds is 5. The second-order valence-electron chi connectivity index (χ2n) is 6.45. The van der Waals surface area contributed by atoms with Gasteiger partial charge in [0.2, 0.25) is 0 Å². The van der Waals surface area contributed by atoms with Crippen molar-refractivity contribution in [2.24, 2.45) is 0 Å². The number of H-pyrrole nitrogens is 1. The molecule has 2 aromatic rings. The molecule has 1 aromatic carbocycles. The van der Waals surface area contributed by atoms with E-state index in [9.17, 15) is 4.79 Å². The Hall–Kier alpha value is -2.31. The average molecular weight is 377 g/mol. The van der Waals surface area contributed by atoms with Crippen LogP contribution in [0.1, 0.15) is 6.92 Å². The zero-order valence-electron chi connectivity index (χ0n) is 15.1. The molecule has 2 heterocycles. The van der Waals surface area contributed by atoms with Crippen LogP contribution < -0.4 is 24.8 Å². The van der Waals surface area contributed by atoms with Gasteiger partial charge in [0.25, 0.3) is 11.7 Å². The topological polar surface area (TPSA) is 60.1 Å². The van der Waals surface area contributed by atoms with Crippen LogP contribution in [0.4, 0.5) is 11.5 Å². The van der Waals surface area contributed by atoms with Gasteiger partial charge in [0, 0.05) is 11.1 Å². The summed E-state index contributed by atoms with van der Waals surface area (Å²) in [6.45, 7) is 5.60. The van der Waals surface area contributed by atoms with Crippen LogP contribution in [0.15, 0.2) is 42.6 Å². The summed E-state index contributed by atoms with van der Waals surface area (Å²) in [6, 6.07) is 11.1. The molecule has 0 spiro atoms. The van der Waals surface area contributed by atoms with Crippen molar-refractivity contribution in [2.75, 3.05) is 43.5 Å². The first-order chi connectivity index (χ1) is 12.6. The van der Waals surface area contributed by atoms with E-state index in [0.717, 1.165) is 32.0 Å². The predicted molar refractivity (Wildman–Crippen MR) is 102 cm³/mol. The zero-order chi connectivity index (χ0) is 18.5. The summed E-state index contributed by atoms with van der Waals surface area (Å²) in [4.78, 5) is 19.5. The average Bonchev–Trinajstić information content (AvgIpc) is 2.68. The van der Waals surface area contributed by atoms with Crippen LogP contribution >= 0.6 is 11.6 Å². The summed E-state index contributed by atoms with van der Waals surface area (Å²) in [7, 11) is 1.58. The standard InChI is InChI=1S/C19H23ClN4O2/c1-14(19(25)22-16-13-15(20)6-7-17(16)26-2)23-9-11-24(12-10-23)18-5-3-4-8-21-18/h3-8,13-14H,9-12H2,1-2H3,(H,22,25)/p+2/t14-/m1/s1. The van der Waals surface area contributed by atoms with Gasteiger partial charge >= 0.3 is 0 Å². The summed E-state index contributed by atoms with van der Waals surface area (Å²) in [5.74, 6) is 1.70. The molecule has 7 heteroatoms. The molecular weight excluding hydrogens is 352 g/mol. The molecule has 0 radical (unpaired) electrons. The lowest BCUT2D eigenvalue weighted by molar-refractivity contribution is -0.914. The molecule has 1 aromatic heterocycles. The van der Waals surface area contributed by atoms with Gasteiger partial charge in [-0.1, -0.05) is 17.7 Å². The van der Waals surface area contributed by atoms with Crippen molar-refractivity contribution in [3.63, 3.8) is 0 Å². The Morgan fingerprint density at radius 2 is 2.08 bits per heavy atom. The smallest absolute Gasteiger partial charge is 0.282 e. The van der Waals surface area contributed by atoms with Gasteiger partial charge in [0.1, 0.15) is 31.9 Å². The van der Waals surface area contributed by atoms with Crippen molar-refractivity contribution in [3.05, 3.63) is 47.6 Å². The number of pyridine rings is 1. The fourth-order valence-corrected chi connectivity index (χ4v) is 3.42. The third-order valence-corrected chi connectivity index (χ3v) is 5.10. The minimum Gasteiger partial charge on any atom is -0.495 e. The molecule has 138 valence electrons. The molecule has 6 nitrogen and oxygen atoms in total. The van der Waals surface area contributed by atoms with Crippen LogP contribution in [-0.2, 0) is 4.79 Å². The molecule has 1 atom stereocenters. The highest BCUT2D eigenvalue weighted by atomic mass is 35.5. The molecule has 1 saturated heterocycles. The fraction of sp³-hybridized carbons (Fsp3) is 0.368. The Kier molecular flexibility index (Phi) is 5.96. The normalized spacial score (nSPS) is 16.2. The Balaban J connectivity index is 1.59. The van der Waals surface area contributed by atoms with E-state index in [2.05, 4.69) is 21.3 Å². The molecule has 3 rings (SSSR count). The molecule has 1 fully saturated rings. The Morgan fingerprint density at radius 1 is 1.31 bits per heavy atom. The van der Waals surface area contributed by atoms with Crippen LogP contribution in [0.3, 0.4) is 0 Å². The minimum absolute atomic E-state index is 0.0275. The lowest BCUT2D eigenvalue weighted by Gasteiger charge is -2.31. The lowest BCUT2D eigenvalue weighted by Crippen LogP contribution is -3.19. The predicted octanol–water partition coefficient (Wildman–Crippen LogP) is 0.895. The zero-order valence-corrected chi connectivity index (χ0v) is 15.8. The van der Waals surface area contributed by atoms with E-state index in [0.29, 0.717) is 16.5 Å². The maximum absolute atomic E-state index is 12.7. The van der Waals surface area contributed by atoms with Gasteiger partial charge < -0.3 is 15.0 Å². The number of carbonyl (C=O) groups is 1. The number of ether oxygens (including phenoxy) is 1. The second-order valence-corrected chi connectivity index (χ2v) is 6.89. The number of quaternary nitrogens is 1. The highest BCUT2D eigenvalue weighted by Crippen LogP contribution is 2.27. The van der Waals surface area contributed by atoms with E-state index in [4.69, 9.17) is 16.3 Å². The van der Waals surface area contributed by atoms with Crippen LogP contribution in [0, 0.1) is 0 Å². The summed E-state index contributed by atoms with van der Waals surface area (Å²) in [6.07, 6.45) is 1.93. The summed E-state index contributed by atoms with van der Waals surface area (Å²) in [5, 5.41) is 3.52. The number of piperazine rings is 1. The number of hydrogen-bond donors (Lipinski definition) is 2. The number of methoxy groups -OCH3 is 1. The van der Waals surface area contributed by atoms with Gasteiger partial charge in [0.15, 0.2) is 6.04 Å². The summed E-state index contributed by atoms with van der Waals surface area (Å²) < 4.78 is 5.30. The van der Waals surface area contributed by atoms with E-state index < -0.39 is 0 Å². The minimum atomic E-state index is -0.152. The maximum atomic E-state index is 12.7. The number of nitrogens with one attached hydrogen (secondary N) is 3. The third kappa shape index (κ3) is 4.26. The molecule has 26 heavy (non-hydrogen) atoms. The van der Waals surface area contributed by atoms with Crippen molar-refractivity contribution < 1.29 is 19.4 Å². The Bertz CT molecular complexity index is 748. The van der Waals surface area contributed by atoms with Gasteiger partial charge in [-0.15, -0.1) is 0 Å². The SMILES string of the molecule is COc1ccc(Cl)cc1NC(=O)[C@@H](C)[NH+]1CCN(c2cccc[nH+]2)CC1. The van der Waals surface area contributed by atoms with Crippen molar-refractivity contribution in [3.8, 4) is 5.75 Å². The molecule has 0 aliphatic carbocycles. The van der Waals surface area contributed by atoms with Gasteiger partial charge in [-0.3, -0.25) is 9.69 Å². The third-order valence-electron chi connectivity index (χ3n) is 4.86. The van der Waals surface area contributed by atoms with Crippen molar-refractivity contribution in [1.82, 2.24) is 0 Å². The van der Waals surface area contributed by atoms with Crippen LogP contribution in [-0.4, -0.2) is 45.2 Å². The molecule has 0 unspecified atom stereocenters. The molecular formula is C19H25ClN4O2+2. The van der Waals surface area contributed by atoms with Crippen LogP contribution in [0.2, 0.25) is 5.02 Å². The van der Waals surface area contributed by atoms with Crippen molar-refractivity contribution in [1.29, 1.82) is 0 Å². The number of nitrogens with zero attached hydrogens (tertiary/aromatic N) is 1. The van der Waals surface area contributed by atoms with E-state index in [1.54, 1.807) is 25.3 Å². The first-order valence-corrected chi connectivity index (χ1v) is 9.17. The molecule has 0 saturated carbocycles. The molecule has 1 amide bonds. The lowest BCUT2D eigenvalue weighted by atomic mass is 10.2. The number of anilines is 2. The first-order valence-electron chi connectivity index (χ1n) is 8.79. The largest absolute Gasteiger partial charge is 0.495 e. The highest BCUT2D eigenvalue weighted by molar-refractivity contribution is 6.31. The molecule has 3 N–H and O–H groups in total. The number of benzene rings is 1. The second kappa shape index (κ2) is 8.38. The van der Waals surface area contributed by atoms with Gasteiger partial charge in [-0.25, -0.2) is 4.98 Å². The molecule has 1 aliphatic heterocycles. The van der Waals surface area contributed by atoms with Gasteiger partial charge in [-0.05, 0) is 31.2 Å². The number of aromatic amines is 1. The van der Waals surface area contributed by atoms with E-state index >= 15 is 0 Å². The van der Waals surface area contributed by atoms with Crippen molar-refractivity contribution in [2.45, 2.75) is 13.0 Å². The number of carbonyl (C=O) groups excluding carboxylic acids is 1. The van der Waals surface area contributed by atoms with E-state index in [-0.39, 0.29) is 11.9 Å². The van der Waals surface area contributed by atoms with Gasteiger partial charge in [0.05, 0.1) is 19.0 Å². The Morgan fingerprint density at radius 3 is 2.73 bits per heavy atom. The van der Waals surface area contributed by atoms with Crippen LogP contribution in [0.25, 0.3) is 0 Å². The maximum Gasteiger partial charge on any atom is 0.282 e. The highest BCUT2D eigenvalue weighted by Gasteiger charge is 2.32. The summed E-state index contributed by atoms with van der Waals surface area (Å²) in [5.41, 5.74) is 0.605. The van der Waals surface area contributed by atoms with Crippen molar-refractivity contribution >= 4 is 29.0 Å². The quantitative estimate of drug-likeness (QED) is 0.815. The van der Waals surface area contributed by atoms with Gasteiger partial charge in [-0.2, -0.15) is 0 Å². The molecule has 1 aliphatic rings. The van der Waals surface area contributed by atoms with Crippen LogP contribution in [0.5, 0.6) is 5.75 Å². The number of amides is 1. The Labute approximate surface area is 158 Å². The number of halogens is 1. The van der Waals surface area contributed by atoms with E-state index in [1.807, 2.05) is 25.3 Å². The monoisotopic (exact) mass is 376 g/mol. The van der Waals surface area contributed by atoms with E-state index in [1.165, 1.54) is 4.90 Å².